The molecule has 3 saturated carbocycles. The first-order chi connectivity index (χ1) is 12.3. The van der Waals surface area contributed by atoms with E-state index in [9.17, 15) is 19.2 Å². The normalized spacial score (nSPS) is 39.1. The molecule has 3 aliphatic carbocycles. The fourth-order valence-electron chi connectivity index (χ4n) is 5.87. The zero-order valence-corrected chi connectivity index (χ0v) is 15.0. The summed E-state index contributed by atoms with van der Waals surface area (Å²) in [5.74, 6) is -0.233. The maximum Gasteiger partial charge on any atom is 0.333 e. The summed E-state index contributed by atoms with van der Waals surface area (Å²) in [5.41, 5.74) is 0.218. The number of carbonyl (C=O) groups is 4. The number of esters is 2. The van der Waals surface area contributed by atoms with Crippen molar-refractivity contribution in [1.29, 1.82) is 0 Å². The summed E-state index contributed by atoms with van der Waals surface area (Å²) < 4.78 is 10.3. The van der Waals surface area contributed by atoms with Crippen LogP contribution in [0.15, 0.2) is 12.2 Å². The Morgan fingerprint density at radius 3 is 2.35 bits per heavy atom. The summed E-state index contributed by atoms with van der Waals surface area (Å²) in [5, 5.41) is 0. The van der Waals surface area contributed by atoms with E-state index >= 15 is 0 Å². The van der Waals surface area contributed by atoms with E-state index in [0.717, 1.165) is 19.3 Å². The minimum atomic E-state index is -0.629. The highest BCUT2D eigenvalue weighted by molar-refractivity contribution is 6.04. The van der Waals surface area contributed by atoms with E-state index in [-0.39, 0.29) is 47.3 Å². The number of likely N-dealkylation sites (tertiary alicyclic amines) is 1. The third-order valence-electron chi connectivity index (χ3n) is 6.63. The molecule has 4 rings (SSSR count). The van der Waals surface area contributed by atoms with Crippen LogP contribution in [-0.4, -0.2) is 47.4 Å². The van der Waals surface area contributed by atoms with Crippen molar-refractivity contribution in [3.05, 3.63) is 12.2 Å². The van der Waals surface area contributed by atoms with Crippen molar-refractivity contribution >= 4 is 23.8 Å². The van der Waals surface area contributed by atoms with Crippen LogP contribution in [0.3, 0.4) is 0 Å². The molecule has 0 aromatic rings. The van der Waals surface area contributed by atoms with E-state index in [4.69, 9.17) is 9.47 Å². The van der Waals surface area contributed by atoms with Crippen LogP contribution in [0.5, 0.6) is 0 Å². The second-order valence-electron chi connectivity index (χ2n) is 8.07. The number of hydrogen-bond donors (Lipinski definition) is 0. The monoisotopic (exact) mass is 361 g/mol. The zero-order valence-electron chi connectivity index (χ0n) is 15.0. The van der Waals surface area contributed by atoms with Crippen molar-refractivity contribution in [2.75, 3.05) is 6.61 Å². The van der Waals surface area contributed by atoms with Crippen LogP contribution < -0.4 is 0 Å². The third-order valence-corrected chi connectivity index (χ3v) is 6.63. The predicted octanol–water partition coefficient (Wildman–Crippen LogP) is 1.07. The molecule has 140 valence electrons. The molecule has 0 radical (unpaired) electrons. The molecule has 1 heterocycles. The van der Waals surface area contributed by atoms with Gasteiger partial charge in [-0.25, -0.2) is 4.79 Å². The number of rotatable bonds is 4. The molecule has 2 amide bonds. The average Bonchev–Trinajstić information content (AvgIpc) is 3.19. The highest BCUT2D eigenvalue weighted by Gasteiger charge is 2.70. The van der Waals surface area contributed by atoms with Gasteiger partial charge in [0.15, 0.2) is 6.61 Å². The van der Waals surface area contributed by atoms with Crippen molar-refractivity contribution < 1.29 is 28.7 Å². The molecule has 26 heavy (non-hydrogen) atoms. The Hall–Kier alpha value is -2.18. The molecule has 0 aromatic heterocycles. The van der Waals surface area contributed by atoms with Gasteiger partial charge in [-0.2, -0.15) is 0 Å². The fourth-order valence-corrected chi connectivity index (χ4v) is 5.87. The molecular weight excluding hydrogens is 338 g/mol. The SMILES string of the molecule is C=C(C)C(=O)OCC(=O)N1C(=O)C2C3CC(C4CC(OC(C)=O)CC43)C21. The fraction of sp³-hybridized carbons (Fsp3) is 0.684. The first-order valence-electron chi connectivity index (χ1n) is 9.15. The summed E-state index contributed by atoms with van der Waals surface area (Å²) in [4.78, 5) is 49.0. The minimum absolute atomic E-state index is 0.0684. The van der Waals surface area contributed by atoms with Gasteiger partial charge in [0, 0.05) is 12.5 Å². The van der Waals surface area contributed by atoms with Gasteiger partial charge in [-0.1, -0.05) is 6.58 Å². The van der Waals surface area contributed by atoms with Crippen molar-refractivity contribution in [2.24, 2.45) is 29.6 Å². The van der Waals surface area contributed by atoms with Gasteiger partial charge in [-0.3, -0.25) is 19.3 Å². The lowest BCUT2D eigenvalue weighted by Gasteiger charge is -2.51. The molecule has 4 aliphatic rings. The molecule has 1 aliphatic heterocycles. The summed E-state index contributed by atoms with van der Waals surface area (Å²) in [6, 6.07) is -0.0825. The minimum Gasteiger partial charge on any atom is -0.463 e. The molecule has 7 atom stereocenters. The number of β-lactam (4-membered cyclic amide) rings is 1. The van der Waals surface area contributed by atoms with E-state index in [1.807, 2.05) is 0 Å². The topological polar surface area (TPSA) is 90.0 Å². The molecule has 7 nitrogen and oxygen atoms in total. The molecule has 0 spiro atoms. The van der Waals surface area contributed by atoms with Gasteiger partial charge in [0.25, 0.3) is 5.91 Å². The van der Waals surface area contributed by atoms with Crippen molar-refractivity contribution in [3.63, 3.8) is 0 Å². The quantitative estimate of drug-likeness (QED) is 0.423. The highest BCUT2D eigenvalue weighted by Crippen LogP contribution is 2.65. The highest BCUT2D eigenvalue weighted by atomic mass is 16.5. The van der Waals surface area contributed by atoms with Crippen LogP contribution in [0.1, 0.15) is 33.1 Å². The number of nitrogens with zero attached hydrogens (tertiary/aromatic N) is 1. The van der Waals surface area contributed by atoms with E-state index in [1.54, 1.807) is 0 Å². The lowest BCUT2D eigenvalue weighted by molar-refractivity contribution is -0.176. The van der Waals surface area contributed by atoms with Gasteiger partial charge in [0.2, 0.25) is 5.91 Å². The maximum absolute atomic E-state index is 12.6. The summed E-state index contributed by atoms with van der Waals surface area (Å²) in [7, 11) is 0. The van der Waals surface area contributed by atoms with Gasteiger partial charge >= 0.3 is 11.9 Å². The van der Waals surface area contributed by atoms with Gasteiger partial charge in [0.1, 0.15) is 6.10 Å². The maximum atomic E-state index is 12.6. The number of amides is 2. The van der Waals surface area contributed by atoms with Crippen LogP contribution >= 0.6 is 0 Å². The summed E-state index contributed by atoms with van der Waals surface area (Å²) in [6.45, 7) is 5.97. The van der Waals surface area contributed by atoms with Gasteiger partial charge < -0.3 is 9.47 Å². The first-order valence-corrected chi connectivity index (χ1v) is 9.15. The van der Waals surface area contributed by atoms with Gasteiger partial charge in [0.05, 0.1) is 12.0 Å². The molecule has 2 bridgehead atoms. The molecule has 1 saturated heterocycles. The van der Waals surface area contributed by atoms with Crippen LogP contribution in [0.25, 0.3) is 0 Å². The van der Waals surface area contributed by atoms with Crippen LogP contribution in [0.4, 0.5) is 0 Å². The van der Waals surface area contributed by atoms with E-state index in [1.165, 1.54) is 18.7 Å². The largest absolute Gasteiger partial charge is 0.463 e. The Morgan fingerprint density at radius 2 is 1.73 bits per heavy atom. The van der Waals surface area contributed by atoms with E-state index in [0.29, 0.717) is 11.8 Å². The Labute approximate surface area is 151 Å². The molecule has 4 fully saturated rings. The van der Waals surface area contributed by atoms with Crippen molar-refractivity contribution in [1.82, 2.24) is 4.90 Å². The molecule has 0 N–H and O–H groups in total. The Balaban J connectivity index is 1.42. The molecule has 7 unspecified atom stereocenters. The second kappa shape index (κ2) is 5.93. The molecular formula is C19H23NO6. The molecule has 7 heteroatoms. The smallest absolute Gasteiger partial charge is 0.333 e. The number of carbonyl (C=O) groups excluding carboxylic acids is 4. The predicted molar refractivity (Wildman–Crippen MR) is 88.3 cm³/mol. The lowest BCUT2D eigenvalue weighted by atomic mass is 9.67. The number of ether oxygens (including phenoxy) is 2. The van der Waals surface area contributed by atoms with Crippen molar-refractivity contribution in [3.8, 4) is 0 Å². The average molecular weight is 361 g/mol. The van der Waals surface area contributed by atoms with Gasteiger partial charge in [-0.15, -0.1) is 0 Å². The van der Waals surface area contributed by atoms with Crippen LogP contribution in [0.2, 0.25) is 0 Å². The van der Waals surface area contributed by atoms with E-state index < -0.39 is 18.5 Å². The van der Waals surface area contributed by atoms with Crippen LogP contribution in [-0.2, 0) is 28.7 Å². The lowest BCUT2D eigenvalue weighted by Crippen LogP contribution is -2.67. The van der Waals surface area contributed by atoms with Gasteiger partial charge in [-0.05, 0) is 49.9 Å². The van der Waals surface area contributed by atoms with Crippen molar-refractivity contribution in [2.45, 2.75) is 45.3 Å². The summed E-state index contributed by atoms with van der Waals surface area (Å²) >= 11 is 0. The zero-order chi connectivity index (χ0) is 18.7. The van der Waals surface area contributed by atoms with Crippen LogP contribution in [0, 0.1) is 29.6 Å². The Bertz CT molecular complexity index is 715. The third kappa shape index (κ3) is 2.40. The standard InChI is InChI=1S/C19H23NO6/c1-8(2)19(24)25-7-15(22)20-17-14-6-13(16(17)18(20)23)11-4-10(5-12(11)14)26-9(3)21/h10-14,16-17H,1,4-7H2,2-3H3. The number of fused-ring (bicyclic) bond motifs is 8. The Morgan fingerprint density at radius 1 is 1.08 bits per heavy atom. The molecule has 0 aromatic carbocycles. The number of imide groups is 1. The first kappa shape index (κ1) is 17.2. The Kier molecular flexibility index (Phi) is 3.93. The second-order valence-corrected chi connectivity index (χ2v) is 8.07. The van der Waals surface area contributed by atoms with E-state index in [2.05, 4.69) is 6.58 Å². The number of hydrogen-bond acceptors (Lipinski definition) is 6. The summed E-state index contributed by atoms with van der Waals surface area (Å²) in [6.07, 6.45) is 2.53.